The second kappa shape index (κ2) is 7.44. The van der Waals surface area contributed by atoms with Gasteiger partial charge in [0.05, 0.1) is 0 Å². The van der Waals surface area contributed by atoms with Gasteiger partial charge in [-0.25, -0.2) is 0 Å². The molecule has 0 atom stereocenters. The van der Waals surface area contributed by atoms with Crippen LogP contribution in [0, 0.1) is 29.6 Å². The average molecular weight is 302 g/mol. The predicted molar refractivity (Wildman–Crippen MR) is 88.5 cm³/mol. The third-order valence-corrected chi connectivity index (χ3v) is 3.16. The van der Waals surface area contributed by atoms with Crippen molar-refractivity contribution in [1.29, 1.82) is 10.5 Å². The highest BCUT2D eigenvalue weighted by Crippen LogP contribution is 2.16. The van der Waals surface area contributed by atoms with Gasteiger partial charge in [0.25, 0.3) is 5.91 Å². The molecule has 0 aliphatic rings. The quantitative estimate of drug-likeness (QED) is 0.845. The minimum Gasteiger partial charge on any atom is -0.360 e. The summed E-state index contributed by atoms with van der Waals surface area (Å²) in [6.07, 6.45) is 1.32. The summed E-state index contributed by atoms with van der Waals surface area (Å²) >= 11 is 0. The molecule has 0 saturated carbocycles. The van der Waals surface area contributed by atoms with Gasteiger partial charge >= 0.3 is 0 Å². The number of para-hydroxylation sites is 1. The van der Waals surface area contributed by atoms with Crippen LogP contribution in [0.25, 0.3) is 0 Å². The monoisotopic (exact) mass is 302 g/mol. The smallest absolute Gasteiger partial charge is 0.255 e. The number of nitrogens with one attached hydrogen (secondary N) is 2. The Kier molecular flexibility index (Phi) is 5.12. The summed E-state index contributed by atoms with van der Waals surface area (Å²) in [6.45, 7) is 1.93. The van der Waals surface area contributed by atoms with E-state index in [1.807, 2.05) is 31.2 Å². The molecule has 2 rings (SSSR count). The first-order valence-electron chi connectivity index (χ1n) is 6.88. The Morgan fingerprint density at radius 1 is 1.04 bits per heavy atom. The summed E-state index contributed by atoms with van der Waals surface area (Å²) in [7, 11) is 0. The van der Waals surface area contributed by atoms with E-state index in [2.05, 4.69) is 10.6 Å². The van der Waals surface area contributed by atoms with Gasteiger partial charge in [0.2, 0.25) is 0 Å². The number of carbonyl (C=O) groups is 1. The lowest BCUT2D eigenvalue weighted by Gasteiger charge is -2.08. The van der Waals surface area contributed by atoms with E-state index in [9.17, 15) is 4.79 Å². The second-order valence-electron chi connectivity index (χ2n) is 4.77. The molecule has 0 heterocycles. The lowest BCUT2D eigenvalue weighted by atomic mass is 10.1. The van der Waals surface area contributed by atoms with Gasteiger partial charge in [-0.05, 0) is 42.8 Å². The summed E-state index contributed by atoms with van der Waals surface area (Å²) in [4.78, 5) is 12.2. The highest BCUT2D eigenvalue weighted by Gasteiger charge is 2.07. The molecule has 0 aliphatic heterocycles. The molecule has 5 nitrogen and oxygen atoms in total. The SMILES string of the molecule is Cc1ccccc1NC(=O)c1ccc(NC=C(C#N)C#N)cc1. The van der Waals surface area contributed by atoms with E-state index in [4.69, 9.17) is 10.5 Å². The van der Waals surface area contributed by atoms with Gasteiger partial charge in [-0.2, -0.15) is 10.5 Å². The first-order chi connectivity index (χ1) is 11.1. The Morgan fingerprint density at radius 3 is 2.30 bits per heavy atom. The average Bonchev–Trinajstić information content (AvgIpc) is 2.58. The number of nitriles is 2. The van der Waals surface area contributed by atoms with Gasteiger partial charge in [-0.15, -0.1) is 0 Å². The van der Waals surface area contributed by atoms with Crippen molar-refractivity contribution in [3.8, 4) is 12.1 Å². The van der Waals surface area contributed by atoms with Crippen LogP contribution >= 0.6 is 0 Å². The van der Waals surface area contributed by atoms with Gasteiger partial charge in [0.15, 0.2) is 0 Å². The number of aryl methyl sites for hydroxylation is 1. The third kappa shape index (κ3) is 4.20. The maximum absolute atomic E-state index is 12.2. The number of carbonyl (C=O) groups excluding carboxylic acids is 1. The van der Waals surface area contributed by atoms with Crippen LogP contribution in [-0.4, -0.2) is 5.91 Å². The molecule has 2 N–H and O–H groups in total. The predicted octanol–water partition coefficient (Wildman–Crippen LogP) is 3.59. The molecule has 0 radical (unpaired) electrons. The molecule has 0 bridgehead atoms. The topological polar surface area (TPSA) is 88.7 Å². The van der Waals surface area contributed by atoms with E-state index in [1.165, 1.54) is 6.20 Å². The van der Waals surface area contributed by atoms with E-state index < -0.39 is 0 Å². The Balaban J connectivity index is 2.07. The fraction of sp³-hybridized carbons (Fsp3) is 0.0556. The van der Waals surface area contributed by atoms with E-state index in [0.717, 1.165) is 11.3 Å². The Labute approximate surface area is 134 Å². The summed E-state index contributed by atoms with van der Waals surface area (Å²) in [5.74, 6) is -0.198. The number of allylic oxidation sites excluding steroid dienone is 1. The van der Waals surface area contributed by atoms with E-state index in [-0.39, 0.29) is 11.5 Å². The van der Waals surface area contributed by atoms with E-state index in [1.54, 1.807) is 36.4 Å². The summed E-state index contributed by atoms with van der Waals surface area (Å²) in [5, 5.41) is 23.0. The van der Waals surface area contributed by atoms with Crippen molar-refractivity contribution < 1.29 is 4.79 Å². The molecule has 0 unspecified atom stereocenters. The molecular weight excluding hydrogens is 288 g/mol. The first kappa shape index (κ1) is 15.8. The highest BCUT2D eigenvalue weighted by atomic mass is 16.1. The third-order valence-electron chi connectivity index (χ3n) is 3.16. The van der Waals surface area contributed by atoms with Crippen LogP contribution in [0.5, 0.6) is 0 Å². The van der Waals surface area contributed by atoms with Gasteiger partial charge < -0.3 is 10.6 Å². The molecule has 0 aliphatic carbocycles. The Hall–Kier alpha value is -3.57. The Bertz CT molecular complexity index is 807. The molecule has 1 amide bonds. The molecule has 23 heavy (non-hydrogen) atoms. The van der Waals surface area contributed by atoms with Gasteiger partial charge in [0, 0.05) is 23.1 Å². The maximum Gasteiger partial charge on any atom is 0.255 e. The van der Waals surface area contributed by atoms with Crippen molar-refractivity contribution in [3.63, 3.8) is 0 Å². The minimum absolute atomic E-state index is 0.0219. The number of amides is 1. The van der Waals surface area contributed by atoms with Crippen molar-refractivity contribution in [1.82, 2.24) is 0 Å². The van der Waals surface area contributed by atoms with Crippen LogP contribution in [0.1, 0.15) is 15.9 Å². The van der Waals surface area contributed by atoms with Crippen molar-refractivity contribution in [3.05, 3.63) is 71.4 Å². The molecule has 0 saturated heterocycles. The first-order valence-corrected chi connectivity index (χ1v) is 6.88. The fourth-order valence-electron chi connectivity index (χ4n) is 1.87. The maximum atomic E-state index is 12.2. The molecule has 5 heteroatoms. The van der Waals surface area contributed by atoms with Crippen molar-refractivity contribution >= 4 is 17.3 Å². The van der Waals surface area contributed by atoms with Crippen molar-refractivity contribution in [2.24, 2.45) is 0 Å². The summed E-state index contributed by atoms with van der Waals surface area (Å²) < 4.78 is 0. The van der Waals surface area contributed by atoms with Crippen LogP contribution in [0.3, 0.4) is 0 Å². The van der Waals surface area contributed by atoms with Crippen LogP contribution in [0.2, 0.25) is 0 Å². The molecule has 0 spiro atoms. The zero-order valence-corrected chi connectivity index (χ0v) is 12.5. The van der Waals surface area contributed by atoms with Crippen LogP contribution in [-0.2, 0) is 0 Å². The van der Waals surface area contributed by atoms with Gasteiger partial charge in [-0.1, -0.05) is 18.2 Å². The van der Waals surface area contributed by atoms with Crippen molar-refractivity contribution in [2.45, 2.75) is 6.92 Å². The number of nitrogens with zero attached hydrogens (tertiary/aromatic N) is 2. The number of hydrogen-bond donors (Lipinski definition) is 2. The number of hydrogen-bond acceptors (Lipinski definition) is 4. The summed E-state index contributed by atoms with van der Waals surface area (Å²) in [5.41, 5.74) is 2.94. The molecule has 0 aromatic heterocycles. The molecular formula is C18H14N4O. The van der Waals surface area contributed by atoms with Gasteiger partial charge in [0.1, 0.15) is 17.7 Å². The second-order valence-corrected chi connectivity index (χ2v) is 4.77. The van der Waals surface area contributed by atoms with Crippen molar-refractivity contribution in [2.75, 3.05) is 10.6 Å². The molecule has 2 aromatic carbocycles. The van der Waals surface area contributed by atoms with Crippen LogP contribution in [0.15, 0.2) is 60.3 Å². The number of benzene rings is 2. The zero-order valence-electron chi connectivity index (χ0n) is 12.5. The normalized spacial score (nSPS) is 9.17. The lowest BCUT2D eigenvalue weighted by molar-refractivity contribution is 0.102. The molecule has 112 valence electrons. The largest absolute Gasteiger partial charge is 0.360 e. The molecule has 0 fully saturated rings. The lowest BCUT2D eigenvalue weighted by Crippen LogP contribution is -2.12. The van der Waals surface area contributed by atoms with Crippen LogP contribution < -0.4 is 10.6 Å². The summed E-state index contributed by atoms with van der Waals surface area (Å²) in [6, 6.07) is 17.8. The molecule has 2 aromatic rings. The number of anilines is 2. The highest BCUT2D eigenvalue weighted by molar-refractivity contribution is 6.04. The fourth-order valence-corrected chi connectivity index (χ4v) is 1.87. The van der Waals surface area contributed by atoms with E-state index in [0.29, 0.717) is 11.3 Å². The van der Waals surface area contributed by atoms with Gasteiger partial charge in [-0.3, -0.25) is 4.79 Å². The Morgan fingerprint density at radius 2 is 1.70 bits per heavy atom. The zero-order chi connectivity index (χ0) is 16.7. The number of rotatable bonds is 4. The minimum atomic E-state index is -0.198. The standard InChI is InChI=1S/C18H14N4O/c1-13-4-2-3-5-17(13)22-18(23)15-6-8-16(9-7-15)21-12-14(10-19)11-20/h2-9,12,21H,1H3,(H,22,23). The van der Waals surface area contributed by atoms with E-state index >= 15 is 0 Å². The van der Waals surface area contributed by atoms with Crippen LogP contribution in [0.4, 0.5) is 11.4 Å².